The molecule has 2 aromatic carbocycles. The Balaban J connectivity index is 0.00000385. The fourth-order valence-electron chi connectivity index (χ4n) is 3.87. The first-order valence-electron chi connectivity index (χ1n) is 10.1. The summed E-state index contributed by atoms with van der Waals surface area (Å²) in [4.78, 5) is 14.0. The third kappa shape index (κ3) is 5.99. The minimum absolute atomic E-state index is 0. The molecule has 1 heterocycles. The number of nitrogens with one attached hydrogen (secondary N) is 1. The smallest absolute Gasteiger partial charge is 0.244 e. The monoisotopic (exact) mass is 512 g/mol. The standard InChI is InChI=1S/C23H25ClN2O5S.ClH/c1-3-12-26-13-10-23(11-14-26,16-22(27)25-28)32(29,30)20-7-4-18(5-8-20)31-19-6-9-21(24)17(2)15-19;/h1,4-9,15,28H,10-14,16H2,2H3,(H,25,27);1H. The van der Waals surface area contributed by atoms with Gasteiger partial charge < -0.3 is 4.74 Å². The summed E-state index contributed by atoms with van der Waals surface area (Å²) in [5.41, 5.74) is 2.43. The van der Waals surface area contributed by atoms with E-state index in [1.807, 2.05) is 11.8 Å². The zero-order valence-corrected chi connectivity index (χ0v) is 20.5. The van der Waals surface area contributed by atoms with Crippen molar-refractivity contribution in [2.24, 2.45) is 0 Å². The van der Waals surface area contributed by atoms with Crippen LogP contribution in [0.3, 0.4) is 0 Å². The Hall–Kier alpha value is -2.28. The van der Waals surface area contributed by atoms with Gasteiger partial charge in [-0.05, 0) is 67.8 Å². The van der Waals surface area contributed by atoms with Gasteiger partial charge in [-0.3, -0.25) is 14.9 Å². The number of carbonyl (C=O) groups excluding carboxylic acids is 1. The molecule has 1 saturated heterocycles. The molecule has 1 fully saturated rings. The number of hydrogen-bond donors (Lipinski definition) is 2. The van der Waals surface area contributed by atoms with Crippen LogP contribution in [0, 0.1) is 19.3 Å². The third-order valence-electron chi connectivity index (χ3n) is 5.76. The van der Waals surface area contributed by atoms with Gasteiger partial charge in [0.1, 0.15) is 11.5 Å². The topological polar surface area (TPSA) is 95.9 Å². The largest absolute Gasteiger partial charge is 0.457 e. The molecule has 33 heavy (non-hydrogen) atoms. The van der Waals surface area contributed by atoms with E-state index in [0.29, 0.717) is 36.2 Å². The predicted octanol–water partition coefficient (Wildman–Crippen LogP) is 4.00. The predicted molar refractivity (Wildman–Crippen MR) is 129 cm³/mol. The van der Waals surface area contributed by atoms with Crippen molar-refractivity contribution in [1.82, 2.24) is 10.4 Å². The number of aryl methyl sites for hydroxylation is 1. The molecule has 0 aromatic heterocycles. The van der Waals surface area contributed by atoms with Crippen LogP contribution in [0.1, 0.15) is 24.8 Å². The van der Waals surface area contributed by atoms with Crippen LogP contribution in [0.25, 0.3) is 0 Å². The molecule has 7 nitrogen and oxygen atoms in total. The summed E-state index contributed by atoms with van der Waals surface area (Å²) in [6.07, 6.45) is 5.49. The van der Waals surface area contributed by atoms with Crippen molar-refractivity contribution < 1.29 is 23.2 Å². The number of sulfone groups is 1. The Morgan fingerprint density at radius 2 is 1.82 bits per heavy atom. The van der Waals surface area contributed by atoms with Gasteiger partial charge in [-0.15, -0.1) is 18.8 Å². The van der Waals surface area contributed by atoms with E-state index in [1.54, 1.807) is 35.8 Å². The maximum absolute atomic E-state index is 13.6. The fraction of sp³-hybridized carbons (Fsp3) is 0.348. The zero-order chi connectivity index (χ0) is 23.4. The first-order valence-corrected chi connectivity index (χ1v) is 11.9. The van der Waals surface area contributed by atoms with Gasteiger partial charge in [0.2, 0.25) is 5.91 Å². The van der Waals surface area contributed by atoms with E-state index in [4.69, 9.17) is 28.0 Å². The quantitative estimate of drug-likeness (QED) is 0.330. The van der Waals surface area contributed by atoms with Crippen LogP contribution in [0.2, 0.25) is 5.02 Å². The first kappa shape index (κ1) is 27.0. The van der Waals surface area contributed by atoms with Crippen LogP contribution in [-0.2, 0) is 14.6 Å². The number of amides is 1. The van der Waals surface area contributed by atoms with Crippen LogP contribution in [0.5, 0.6) is 11.5 Å². The van der Waals surface area contributed by atoms with Crippen molar-refractivity contribution >= 4 is 39.8 Å². The van der Waals surface area contributed by atoms with Crippen LogP contribution < -0.4 is 10.2 Å². The van der Waals surface area contributed by atoms with E-state index < -0.39 is 20.5 Å². The molecule has 1 aliphatic rings. The number of hydroxylamine groups is 1. The Bertz CT molecular complexity index is 1120. The van der Waals surface area contributed by atoms with Crippen molar-refractivity contribution in [1.29, 1.82) is 0 Å². The number of carbonyl (C=O) groups is 1. The van der Waals surface area contributed by atoms with Gasteiger partial charge >= 0.3 is 0 Å². The van der Waals surface area contributed by atoms with E-state index in [2.05, 4.69) is 5.92 Å². The average Bonchev–Trinajstić information content (AvgIpc) is 2.78. The molecule has 0 radical (unpaired) electrons. The molecular weight excluding hydrogens is 487 g/mol. The number of benzene rings is 2. The molecule has 178 valence electrons. The lowest BCUT2D eigenvalue weighted by Crippen LogP contribution is -2.51. The number of nitrogens with zero attached hydrogens (tertiary/aromatic N) is 1. The van der Waals surface area contributed by atoms with Crippen LogP contribution in [0.15, 0.2) is 47.4 Å². The molecule has 2 N–H and O–H groups in total. The summed E-state index contributed by atoms with van der Waals surface area (Å²) >= 11 is 6.04. The molecule has 0 unspecified atom stereocenters. The van der Waals surface area contributed by atoms with Crippen molar-refractivity contribution in [2.45, 2.75) is 35.8 Å². The number of piperidine rings is 1. The summed E-state index contributed by atoms with van der Waals surface area (Å²) in [6.45, 7) is 3.17. The normalized spacial score (nSPS) is 15.7. The number of hydrogen-bond acceptors (Lipinski definition) is 6. The van der Waals surface area contributed by atoms with E-state index in [9.17, 15) is 13.2 Å². The molecule has 0 spiro atoms. The van der Waals surface area contributed by atoms with Gasteiger partial charge in [-0.2, -0.15) is 0 Å². The molecular formula is C23H26Cl2N2O5S. The molecule has 0 bridgehead atoms. The van der Waals surface area contributed by atoms with E-state index in [0.717, 1.165) is 5.56 Å². The average molecular weight is 513 g/mol. The zero-order valence-electron chi connectivity index (χ0n) is 18.1. The number of terminal acetylenes is 1. The summed E-state index contributed by atoms with van der Waals surface area (Å²) in [5.74, 6) is 2.87. The molecule has 1 amide bonds. The van der Waals surface area contributed by atoms with Crippen LogP contribution >= 0.6 is 24.0 Å². The third-order valence-corrected chi connectivity index (χ3v) is 8.77. The second kappa shape index (κ2) is 11.2. The lowest BCUT2D eigenvalue weighted by Gasteiger charge is -2.40. The van der Waals surface area contributed by atoms with Crippen molar-refractivity contribution in [3.63, 3.8) is 0 Å². The van der Waals surface area contributed by atoms with Gasteiger partial charge in [0.15, 0.2) is 9.84 Å². The van der Waals surface area contributed by atoms with E-state index in [1.165, 1.54) is 12.1 Å². The minimum Gasteiger partial charge on any atom is -0.457 e. The molecule has 10 heteroatoms. The van der Waals surface area contributed by atoms with E-state index >= 15 is 0 Å². The van der Waals surface area contributed by atoms with Gasteiger partial charge in [0.25, 0.3) is 0 Å². The highest BCUT2D eigenvalue weighted by Gasteiger charge is 2.48. The highest BCUT2D eigenvalue weighted by Crippen LogP contribution is 2.39. The molecule has 2 aromatic rings. The second-order valence-electron chi connectivity index (χ2n) is 7.86. The Morgan fingerprint density at radius 1 is 1.21 bits per heavy atom. The number of rotatable bonds is 7. The van der Waals surface area contributed by atoms with E-state index in [-0.39, 0.29) is 36.6 Å². The first-order chi connectivity index (χ1) is 15.2. The minimum atomic E-state index is -3.89. The van der Waals surface area contributed by atoms with Gasteiger partial charge in [-0.25, -0.2) is 13.9 Å². The molecule has 3 rings (SSSR count). The number of ether oxygens (including phenoxy) is 1. The SMILES string of the molecule is C#CCN1CCC(CC(=O)NO)(S(=O)(=O)c2ccc(Oc3ccc(Cl)c(C)c3)cc2)CC1.Cl. The number of halogens is 2. The summed E-state index contributed by atoms with van der Waals surface area (Å²) < 4.78 is 31.7. The Morgan fingerprint density at radius 3 is 2.36 bits per heavy atom. The van der Waals surface area contributed by atoms with Crippen LogP contribution in [-0.4, -0.2) is 48.8 Å². The highest BCUT2D eigenvalue weighted by atomic mass is 35.5. The number of likely N-dealkylation sites (tertiary alicyclic amines) is 1. The lowest BCUT2D eigenvalue weighted by atomic mass is 9.92. The molecule has 1 aliphatic heterocycles. The Kier molecular flexibility index (Phi) is 9.18. The summed E-state index contributed by atoms with van der Waals surface area (Å²) in [6, 6.07) is 11.3. The van der Waals surface area contributed by atoms with Gasteiger partial charge in [0, 0.05) is 24.5 Å². The maximum Gasteiger partial charge on any atom is 0.244 e. The van der Waals surface area contributed by atoms with Gasteiger partial charge in [0.05, 0.1) is 16.2 Å². The highest BCUT2D eigenvalue weighted by molar-refractivity contribution is 7.92. The van der Waals surface area contributed by atoms with Crippen molar-refractivity contribution in [2.75, 3.05) is 19.6 Å². The maximum atomic E-state index is 13.6. The van der Waals surface area contributed by atoms with Crippen LogP contribution in [0.4, 0.5) is 0 Å². The molecule has 0 atom stereocenters. The summed E-state index contributed by atoms with van der Waals surface area (Å²) in [7, 11) is -3.89. The van der Waals surface area contributed by atoms with Crippen molar-refractivity contribution in [3.8, 4) is 23.8 Å². The molecule has 0 aliphatic carbocycles. The fourth-order valence-corrected chi connectivity index (χ4v) is 6.03. The summed E-state index contributed by atoms with van der Waals surface area (Å²) in [5, 5.41) is 9.64. The Labute approximate surface area is 205 Å². The second-order valence-corrected chi connectivity index (χ2v) is 10.6. The van der Waals surface area contributed by atoms with Gasteiger partial charge in [-0.1, -0.05) is 17.5 Å². The van der Waals surface area contributed by atoms with Crippen molar-refractivity contribution in [3.05, 3.63) is 53.1 Å². The molecule has 0 saturated carbocycles. The lowest BCUT2D eigenvalue weighted by molar-refractivity contribution is -0.130.